The summed E-state index contributed by atoms with van der Waals surface area (Å²) in [5.41, 5.74) is 1.62. The number of hydrogen-bond donors (Lipinski definition) is 1. The lowest BCUT2D eigenvalue weighted by atomic mass is 10.2. The average Bonchev–Trinajstić information content (AvgIpc) is 2.74. The van der Waals surface area contributed by atoms with Crippen LogP contribution in [0.25, 0.3) is 0 Å². The van der Waals surface area contributed by atoms with Crippen molar-refractivity contribution in [3.05, 3.63) is 65.6 Å². The second-order valence-corrected chi connectivity index (χ2v) is 6.21. The van der Waals surface area contributed by atoms with E-state index in [2.05, 4.69) is 15.3 Å². The zero-order chi connectivity index (χ0) is 20.1. The van der Waals surface area contributed by atoms with Gasteiger partial charge in [0.25, 0.3) is 5.91 Å². The van der Waals surface area contributed by atoms with Crippen molar-refractivity contribution in [2.24, 2.45) is 0 Å². The fraction of sp³-hybridized carbons (Fsp3) is 0.150. The molecule has 1 amide bonds. The number of amides is 1. The molecule has 2 aromatic carbocycles. The lowest BCUT2D eigenvalue weighted by Gasteiger charge is -2.17. The van der Waals surface area contributed by atoms with Crippen molar-refractivity contribution in [3.8, 4) is 11.5 Å². The summed E-state index contributed by atoms with van der Waals surface area (Å²) in [5, 5.41) is 3.54. The van der Waals surface area contributed by atoms with Crippen LogP contribution in [-0.4, -0.2) is 37.1 Å². The molecule has 0 fully saturated rings. The fourth-order valence-electron chi connectivity index (χ4n) is 2.58. The molecular formula is C20H19ClN4O3. The molecule has 3 aromatic rings. The summed E-state index contributed by atoms with van der Waals surface area (Å²) >= 11 is 6.13. The Bertz CT molecular complexity index is 982. The minimum Gasteiger partial charge on any atom is -0.495 e. The van der Waals surface area contributed by atoms with Crippen molar-refractivity contribution >= 4 is 34.7 Å². The number of anilines is 3. The van der Waals surface area contributed by atoms with Gasteiger partial charge in [-0.3, -0.25) is 4.79 Å². The number of halogens is 1. The molecule has 144 valence electrons. The lowest BCUT2D eigenvalue weighted by Crippen LogP contribution is -2.27. The number of hydrogen-bond acceptors (Lipinski definition) is 6. The van der Waals surface area contributed by atoms with E-state index in [-0.39, 0.29) is 11.6 Å². The molecule has 1 aromatic heterocycles. The maximum atomic E-state index is 12.8. The van der Waals surface area contributed by atoms with E-state index in [0.29, 0.717) is 28.0 Å². The van der Waals surface area contributed by atoms with Crippen LogP contribution in [0, 0.1) is 0 Å². The molecule has 0 atom stereocenters. The number of benzene rings is 2. The Hall–Kier alpha value is -3.32. The highest BCUT2D eigenvalue weighted by molar-refractivity contribution is 6.32. The van der Waals surface area contributed by atoms with E-state index in [4.69, 9.17) is 21.1 Å². The van der Waals surface area contributed by atoms with Crippen molar-refractivity contribution < 1.29 is 14.3 Å². The maximum absolute atomic E-state index is 12.8. The molecule has 1 N–H and O–H groups in total. The first-order valence-electron chi connectivity index (χ1n) is 8.37. The van der Waals surface area contributed by atoms with E-state index in [9.17, 15) is 4.79 Å². The van der Waals surface area contributed by atoms with Gasteiger partial charge >= 0.3 is 0 Å². The number of carbonyl (C=O) groups is 1. The molecule has 0 unspecified atom stereocenters. The van der Waals surface area contributed by atoms with Crippen LogP contribution in [0.1, 0.15) is 10.5 Å². The second-order valence-electron chi connectivity index (χ2n) is 5.80. The summed E-state index contributed by atoms with van der Waals surface area (Å²) in [6.07, 6.45) is 1.33. The number of methoxy groups -OCH3 is 2. The summed E-state index contributed by atoms with van der Waals surface area (Å²) in [7, 11) is 4.76. The van der Waals surface area contributed by atoms with Crippen LogP contribution >= 0.6 is 11.6 Å². The highest BCUT2D eigenvalue weighted by Crippen LogP contribution is 2.37. The van der Waals surface area contributed by atoms with E-state index in [0.717, 1.165) is 5.69 Å². The van der Waals surface area contributed by atoms with Crippen LogP contribution < -0.4 is 19.7 Å². The van der Waals surface area contributed by atoms with Gasteiger partial charge in [-0.25, -0.2) is 9.97 Å². The van der Waals surface area contributed by atoms with Crippen LogP contribution in [0.15, 0.2) is 54.9 Å². The summed E-state index contributed by atoms with van der Waals surface area (Å²) in [6.45, 7) is 0. The van der Waals surface area contributed by atoms with E-state index in [1.807, 2.05) is 30.3 Å². The minimum atomic E-state index is -0.252. The topological polar surface area (TPSA) is 76.6 Å². The van der Waals surface area contributed by atoms with Gasteiger partial charge in [0.15, 0.2) is 0 Å². The molecule has 0 spiro atoms. The number of nitrogens with zero attached hydrogens (tertiary/aromatic N) is 3. The number of para-hydroxylation sites is 1. The molecule has 8 heteroatoms. The third-order valence-electron chi connectivity index (χ3n) is 4.07. The molecule has 0 saturated heterocycles. The molecule has 0 saturated carbocycles. The minimum absolute atomic E-state index is 0.252. The van der Waals surface area contributed by atoms with Crippen LogP contribution in [0.2, 0.25) is 5.02 Å². The van der Waals surface area contributed by atoms with E-state index in [1.165, 1.54) is 25.4 Å². The lowest BCUT2D eigenvalue weighted by molar-refractivity contribution is 0.0988. The van der Waals surface area contributed by atoms with Gasteiger partial charge in [0.2, 0.25) is 0 Å². The van der Waals surface area contributed by atoms with Crippen LogP contribution in [0.4, 0.5) is 17.2 Å². The standard InChI is InChI=1S/C20H19ClN4O3/c1-25(13-7-5-4-6-8-13)20(26)16-11-19(23-12-22-16)24-15-10-17(27-2)14(21)9-18(15)28-3/h4-12H,1-3H3,(H,22,23,24). The maximum Gasteiger partial charge on any atom is 0.276 e. The summed E-state index contributed by atoms with van der Waals surface area (Å²) in [5.74, 6) is 1.18. The number of nitrogens with one attached hydrogen (secondary N) is 1. The van der Waals surface area contributed by atoms with Gasteiger partial charge in [0.05, 0.1) is 24.9 Å². The Kier molecular flexibility index (Phi) is 5.96. The Morgan fingerprint density at radius 1 is 1.04 bits per heavy atom. The van der Waals surface area contributed by atoms with Gasteiger partial charge in [0, 0.05) is 30.9 Å². The normalized spacial score (nSPS) is 10.3. The summed E-state index contributed by atoms with van der Waals surface area (Å²) in [6, 6.07) is 14.2. The van der Waals surface area contributed by atoms with Gasteiger partial charge < -0.3 is 19.7 Å². The van der Waals surface area contributed by atoms with E-state index < -0.39 is 0 Å². The third kappa shape index (κ3) is 4.15. The van der Waals surface area contributed by atoms with Crippen LogP contribution in [-0.2, 0) is 0 Å². The van der Waals surface area contributed by atoms with Crippen LogP contribution in [0.3, 0.4) is 0 Å². The number of rotatable bonds is 6. The first-order chi connectivity index (χ1) is 13.5. The quantitative estimate of drug-likeness (QED) is 0.671. The van der Waals surface area contributed by atoms with Crippen molar-refractivity contribution in [2.75, 3.05) is 31.5 Å². The zero-order valence-corrected chi connectivity index (χ0v) is 16.4. The zero-order valence-electron chi connectivity index (χ0n) is 15.6. The number of ether oxygens (including phenoxy) is 2. The predicted octanol–water partition coefficient (Wildman–Crippen LogP) is 4.17. The first kappa shape index (κ1) is 19.4. The molecule has 3 rings (SSSR count). The summed E-state index contributed by atoms with van der Waals surface area (Å²) < 4.78 is 10.6. The Morgan fingerprint density at radius 2 is 1.75 bits per heavy atom. The smallest absolute Gasteiger partial charge is 0.276 e. The largest absolute Gasteiger partial charge is 0.495 e. The van der Waals surface area contributed by atoms with Crippen molar-refractivity contribution in [1.82, 2.24) is 9.97 Å². The molecule has 0 radical (unpaired) electrons. The Morgan fingerprint density at radius 3 is 2.43 bits per heavy atom. The third-order valence-corrected chi connectivity index (χ3v) is 4.37. The molecule has 28 heavy (non-hydrogen) atoms. The second kappa shape index (κ2) is 8.58. The van der Waals surface area contributed by atoms with Crippen molar-refractivity contribution in [1.29, 1.82) is 0 Å². The fourth-order valence-corrected chi connectivity index (χ4v) is 2.81. The van der Waals surface area contributed by atoms with E-state index >= 15 is 0 Å². The Balaban J connectivity index is 1.87. The van der Waals surface area contributed by atoms with Crippen molar-refractivity contribution in [3.63, 3.8) is 0 Å². The average molecular weight is 399 g/mol. The predicted molar refractivity (Wildman–Crippen MR) is 109 cm³/mol. The highest BCUT2D eigenvalue weighted by Gasteiger charge is 2.16. The SMILES string of the molecule is COc1cc(Nc2cc(C(=O)N(C)c3ccccc3)ncn2)c(OC)cc1Cl. The molecule has 1 heterocycles. The highest BCUT2D eigenvalue weighted by atomic mass is 35.5. The molecule has 0 aliphatic carbocycles. The number of aromatic nitrogens is 2. The van der Waals surface area contributed by atoms with E-state index in [1.54, 1.807) is 25.2 Å². The molecule has 7 nitrogen and oxygen atoms in total. The first-order valence-corrected chi connectivity index (χ1v) is 8.75. The van der Waals surface area contributed by atoms with Gasteiger partial charge in [-0.15, -0.1) is 0 Å². The van der Waals surface area contributed by atoms with Crippen molar-refractivity contribution in [2.45, 2.75) is 0 Å². The van der Waals surface area contributed by atoms with Gasteiger partial charge in [0.1, 0.15) is 29.3 Å². The van der Waals surface area contributed by atoms with Gasteiger partial charge in [-0.1, -0.05) is 29.8 Å². The molecule has 0 bridgehead atoms. The van der Waals surface area contributed by atoms with Gasteiger partial charge in [-0.05, 0) is 12.1 Å². The Labute approximate surface area is 167 Å². The monoisotopic (exact) mass is 398 g/mol. The van der Waals surface area contributed by atoms with Gasteiger partial charge in [-0.2, -0.15) is 0 Å². The number of carbonyl (C=O) groups excluding carboxylic acids is 1. The van der Waals surface area contributed by atoms with Crippen LogP contribution in [0.5, 0.6) is 11.5 Å². The summed E-state index contributed by atoms with van der Waals surface area (Å²) in [4.78, 5) is 22.6. The molecular weight excluding hydrogens is 380 g/mol. The molecule has 0 aliphatic heterocycles. The molecule has 0 aliphatic rings.